The minimum atomic E-state index is -0.740. The van der Waals surface area contributed by atoms with Crippen molar-refractivity contribution in [3.8, 4) is 0 Å². The number of benzene rings is 2. The van der Waals surface area contributed by atoms with Gasteiger partial charge in [-0.25, -0.2) is 0 Å². The van der Waals surface area contributed by atoms with Crippen LogP contribution < -0.4 is 11.5 Å². The van der Waals surface area contributed by atoms with Crippen molar-refractivity contribution in [2.45, 2.75) is 51.4 Å². The van der Waals surface area contributed by atoms with Crippen LogP contribution in [0.3, 0.4) is 0 Å². The van der Waals surface area contributed by atoms with Gasteiger partial charge >= 0.3 is 11.9 Å². The molecule has 2 aromatic rings. The van der Waals surface area contributed by atoms with Crippen LogP contribution in [0.1, 0.15) is 72.1 Å². The summed E-state index contributed by atoms with van der Waals surface area (Å²) in [6, 6.07) is 10.1. The molecule has 0 aliphatic carbocycles. The lowest BCUT2D eigenvalue weighted by Gasteiger charge is -2.04. The van der Waals surface area contributed by atoms with E-state index >= 15 is 0 Å². The zero-order chi connectivity index (χ0) is 22.5. The van der Waals surface area contributed by atoms with Crippen molar-refractivity contribution in [2.75, 3.05) is 0 Å². The Hall–Kier alpha value is -3.42. The van der Waals surface area contributed by atoms with E-state index in [-0.39, 0.29) is 12.8 Å². The Morgan fingerprint density at radius 2 is 1.23 bits per heavy atom. The van der Waals surface area contributed by atoms with Gasteiger partial charge in [0.05, 0.1) is 0 Å². The highest BCUT2D eigenvalue weighted by molar-refractivity contribution is 6.08. The molecule has 0 atom stereocenters. The third-order valence-corrected chi connectivity index (χ3v) is 4.46. The minimum absolute atomic E-state index is 0.245. The Labute approximate surface area is 174 Å². The van der Waals surface area contributed by atoms with Gasteiger partial charge in [-0.2, -0.15) is 0 Å². The zero-order valence-corrected chi connectivity index (χ0v) is 16.8. The monoisotopic (exact) mass is 416 g/mol. The molecule has 0 fully saturated rings. The summed E-state index contributed by atoms with van der Waals surface area (Å²) in [7, 11) is 0. The summed E-state index contributed by atoms with van der Waals surface area (Å²) in [5.74, 6) is -2.46. The van der Waals surface area contributed by atoms with Gasteiger partial charge in [0, 0.05) is 24.0 Å². The molecule has 0 saturated carbocycles. The number of carbonyl (C=O) groups is 4. The Morgan fingerprint density at radius 1 is 0.700 bits per heavy atom. The first kappa shape index (κ1) is 24.6. The normalized spacial score (nSPS) is 10.1. The Bertz CT molecular complexity index is 874. The van der Waals surface area contributed by atoms with Gasteiger partial charge in [0.15, 0.2) is 0 Å². The van der Waals surface area contributed by atoms with E-state index in [0.717, 1.165) is 49.3 Å². The van der Waals surface area contributed by atoms with Crippen molar-refractivity contribution in [1.82, 2.24) is 0 Å². The third kappa shape index (κ3) is 9.18. The highest BCUT2D eigenvalue weighted by Gasteiger charge is 2.07. The summed E-state index contributed by atoms with van der Waals surface area (Å²) in [6.07, 6.45) is 5.82. The highest BCUT2D eigenvalue weighted by Crippen LogP contribution is 2.20. The molecule has 0 aliphatic rings. The number of hydrogen-bond acceptors (Lipinski definition) is 4. The highest BCUT2D eigenvalue weighted by atomic mass is 16.4. The quantitative estimate of drug-likeness (QED) is 0.411. The SMILES string of the molecule is NC(=O)c1ccc2c(C(N)=O)cccc2c1.O=C(O)CCCCCCCCC(=O)O. The largest absolute Gasteiger partial charge is 0.481 e. The van der Waals surface area contributed by atoms with Crippen LogP contribution >= 0.6 is 0 Å². The molecule has 0 aromatic heterocycles. The summed E-state index contributed by atoms with van der Waals surface area (Å²) in [4.78, 5) is 42.4. The standard InChI is InChI=1S/C12H10N2O2.C10H18O4/c13-11(15)8-4-5-9-7(6-8)2-1-3-10(9)12(14)16;11-9(12)7-5-3-1-2-4-6-8-10(13)14/h1-6H,(H2,13,15)(H2,14,16);1-8H2,(H,11,12)(H,13,14). The predicted molar refractivity (Wildman–Crippen MR) is 113 cm³/mol. The van der Waals surface area contributed by atoms with Crippen molar-refractivity contribution in [1.29, 1.82) is 0 Å². The topological polar surface area (TPSA) is 161 Å². The van der Waals surface area contributed by atoms with Gasteiger partial charge in [-0.15, -0.1) is 0 Å². The maximum absolute atomic E-state index is 11.2. The Balaban J connectivity index is 0.000000304. The molecule has 0 spiro atoms. The van der Waals surface area contributed by atoms with Crippen LogP contribution in [0, 0.1) is 0 Å². The first-order valence-electron chi connectivity index (χ1n) is 9.78. The molecule has 0 saturated heterocycles. The number of unbranched alkanes of at least 4 members (excludes halogenated alkanes) is 5. The molecule has 2 aromatic carbocycles. The van der Waals surface area contributed by atoms with Crippen LogP contribution in [-0.4, -0.2) is 34.0 Å². The van der Waals surface area contributed by atoms with Crippen LogP contribution in [0.5, 0.6) is 0 Å². The molecule has 8 heteroatoms. The average Bonchev–Trinajstić information content (AvgIpc) is 2.69. The second-order valence-electron chi connectivity index (χ2n) is 6.88. The van der Waals surface area contributed by atoms with E-state index < -0.39 is 23.8 Å². The summed E-state index contributed by atoms with van der Waals surface area (Å²) in [5.41, 5.74) is 11.3. The predicted octanol–water partition coefficient (Wildman–Crippen LogP) is 3.31. The van der Waals surface area contributed by atoms with Gasteiger partial charge in [0.25, 0.3) is 0 Å². The molecule has 0 heterocycles. The average molecular weight is 416 g/mol. The van der Waals surface area contributed by atoms with E-state index in [1.54, 1.807) is 36.4 Å². The van der Waals surface area contributed by atoms with Crippen molar-refractivity contribution in [3.05, 3.63) is 47.5 Å². The zero-order valence-electron chi connectivity index (χ0n) is 16.8. The number of carbonyl (C=O) groups excluding carboxylic acids is 2. The van der Waals surface area contributed by atoms with E-state index in [1.165, 1.54) is 0 Å². The molecular formula is C22H28N2O6. The number of rotatable bonds is 11. The molecule has 2 rings (SSSR count). The van der Waals surface area contributed by atoms with Crippen molar-refractivity contribution < 1.29 is 29.4 Å². The van der Waals surface area contributed by atoms with Gasteiger partial charge in [-0.05, 0) is 41.8 Å². The van der Waals surface area contributed by atoms with E-state index in [0.29, 0.717) is 11.1 Å². The third-order valence-electron chi connectivity index (χ3n) is 4.46. The molecule has 6 N–H and O–H groups in total. The van der Waals surface area contributed by atoms with E-state index in [1.807, 2.05) is 0 Å². The summed E-state index contributed by atoms with van der Waals surface area (Å²) in [6.45, 7) is 0. The van der Waals surface area contributed by atoms with Crippen LogP contribution in [0.25, 0.3) is 10.8 Å². The van der Waals surface area contributed by atoms with Crippen molar-refractivity contribution in [2.24, 2.45) is 11.5 Å². The maximum Gasteiger partial charge on any atom is 0.303 e. The lowest BCUT2D eigenvalue weighted by atomic mass is 10.0. The second-order valence-corrected chi connectivity index (χ2v) is 6.88. The fourth-order valence-electron chi connectivity index (χ4n) is 2.91. The van der Waals surface area contributed by atoms with Gasteiger partial charge in [0.2, 0.25) is 11.8 Å². The van der Waals surface area contributed by atoms with Gasteiger partial charge in [-0.1, -0.05) is 43.9 Å². The van der Waals surface area contributed by atoms with Gasteiger partial charge in [-0.3, -0.25) is 19.2 Å². The van der Waals surface area contributed by atoms with E-state index in [2.05, 4.69) is 0 Å². The summed E-state index contributed by atoms with van der Waals surface area (Å²) in [5, 5.41) is 18.2. The number of carboxylic acid groups (broad SMARTS) is 2. The van der Waals surface area contributed by atoms with Gasteiger partial charge in [0.1, 0.15) is 0 Å². The minimum Gasteiger partial charge on any atom is -0.481 e. The summed E-state index contributed by atoms with van der Waals surface area (Å²) >= 11 is 0. The number of amides is 2. The number of hydrogen-bond donors (Lipinski definition) is 4. The van der Waals surface area contributed by atoms with Crippen LogP contribution in [0.15, 0.2) is 36.4 Å². The van der Waals surface area contributed by atoms with Gasteiger partial charge < -0.3 is 21.7 Å². The Kier molecular flexibility index (Phi) is 10.6. The second kappa shape index (κ2) is 12.9. The molecule has 0 unspecified atom stereocenters. The lowest BCUT2D eigenvalue weighted by molar-refractivity contribution is -0.138. The molecule has 0 radical (unpaired) electrons. The van der Waals surface area contributed by atoms with Crippen molar-refractivity contribution in [3.63, 3.8) is 0 Å². The van der Waals surface area contributed by atoms with Crippen LogP contribution in [-0.2, 0) is 9.59 Å². The molecular weight excluding hydrogens is 388 g/mol. The number of nitrogens with two attached hydrogens (primary N) is 2. The first-order valence-corrected chi connectivity index (χ1v) is 9.78. The summed E-state index contributed by atoms with van der Waals surface area (Å²) < 4.78 is 0. The number of fused-ring (bicyclic) bond motifs is 1. The number of primary amides is 2. The van der Waals surface area contributed by atoms with Crippen molar-refractivity contribution >= 4 is 34.5 Å². The first-order chi connectivity index (χ1) is 14.2. The number of aliphatic carboxylic acids is 2. The van der Waals surface area contributed by atoms with E-state index in [4.69, 9.17) is 21.7 Å². The fourth-order valence-corrected chi connectivity index (χ4v) is 2.91. The molecule has 8 nitrogen and oxygen atoms in total. The van der Waals surface area contributed by atoms with Crippen LogP contribution in [0.4, 0.5) is 0 Å². The fraction of sp³-hybridized carbons (Fsp3) is 0.364. The van der Waals surface area contributed by atoms with E-state index in [9.17, 15) is 19.2 Å². The number of carboxylic acids is 2. The van der Waals surface area contributed by atoms with Crippen LogP contribution in [0.2, 0.25) is 0 Å². The maximum atomic E-state index is 11.2. The molecule has 162 valence electrons. The molecule has 0 aliphatic heterocycles. The molecule has 2 amide bonds. The smallest absolute Gasteiger partial charge is 0.303 e. The Morgan fingerprint density at radius 3 is 1.70 bits per heavy atom. The lowest BCUT2D eigenvalue weighted by Crippen LogP contribution is -2.12. The molecule has 0 bridgehead atoms. The molecule has 30 heavy (non-hydrogen) atoms.